The molecule has 1 heterocycles. The van der Waals surface area contributed by atoms with Gasteiger partial charge in [0.25, 0.3) is 10.0 Å². The number of hydrogen-bond acceptors (Lipinski definition) is 5. The van der Waals surface area contributed by atoms with Crippen LogP contribution in [0.15, 0.2) is 64.5 Å². The van der Waals surface area contributed by atoms with E-state index >= 15 is 0 Å². The SMILES string of the molecule is CC[C@H](C)[C@H](N=C1NS(=O)(=O)c2ccccc21)C(=O)NCC(=O)Nc1ccccc1. The quantitative estimate of drug-likeness (QED) is 0.624. The lowest BCUT2D eigenvalue weighted by Crippen LogP contribution is -2.42. The summed E-state index contributed by atoms with van der Waals surface area (Å²) in [5.74, 6) is -0.826. The highest BCUT2D eigenvalue weighted by molar-refractivity contribution is 7.90. The Hall–Kier alpha value is -3.20. The molecule has 2 aromatic rings. The molecule has 3 rings (SSSR count). The van der Waals surface area contributed by atoms with Crippen molar-refractivity contribution in [2.75, 3.05) is 11.9 Å². The lowest BCUT2D eigenvalue weighted by molar-refractivity contribution is -0.125. The number of fused-ring (bicyclic) bond motifs is 1. The lowest BCUT2D eigenvalue weighted by atomic mass is 9.98. The third-order valence-corrected chi connectivity index (χ3v) is 6.26. The van der Waals surface area contributed by atoms with Crippen LogP contribution in [0.1, 0.15) is 25.8 Å². The highest BCUT2D eigenvalue weighted by atomic mass is 32.2. The lowest BCUT2D eigenvalue weighted by Gasteiger charge is -2.19. The van der Waals surface area contributed by atoms with E-state index in [0.29, 0.717) is 17.7 Å². The van der Waals surface area contributed by atoms with Gasteiger partial charge in [-0.2, -0.15) is 0 Å². The van der Waals surface area contributed by atoms with E-state index in [1.807, 2.05) is 19.9 Å². The number of amidine groups is 1. The molecule has 0 saturated heterocycles. The minimum Gasteiger partial charge on any atom is -0.345 e. The number of nitrogens with zero attached hydrogens (tertiary/aromatic N) is 1. The molecule has 0 radical (unpaired) electrons. The third-order valence-electron chi connectivity index (χ3n) is 4.86. The maximum Gasteiger partial charge on any atom is 0.263 e. The molecule has 0 fully saturated rings. The second kappa shape index (κ2) is 9.08. The normalized spacial score (nSPS) is 17.5. The van der Waals surface area contributed by atoms with Gasteiger partial charge in [-0.3, -0.25) is 19.3 Å². The van der Waals surface area contributed by atoms with Crippen LogP contribution < -0.4 is 15.4 Å². The predicted molar refractivity (Wildman–Crippen MR) is 115 cm³/mol. The van der Waals surface area contributed by atoms with E-state index in [1.54, 1.807) is 42.5 Å². The number of amides is 2. The zero-order valence-electron chi connectivity index (χ0n) is 16.8. The van der Waals surface area contributed by atoms with E-state index in [0.717, 1.165) is 0 Å². The first kappa shape index (κ1) is 21.5. The predicted octanol–water partition coefficient (Wildman–Crippen LogP) is 1.89. The first-order valence-corrected chi connectivity index (χ1v) is 11.1. The molecule has 1 aliphatic heterocycles. The van der Waals surface area contributed by atoms with E-state index in [1.165, 1.54) is 6.07 Å². The summed E-state index contributed by atoms with van der Waals surface area (Å²) < 4.78 is 27.0. The number of sulfonamides is 1. The highest BCUT2D eigenvalue weighted by Gasteiger charge is 2.33. The fourth-order valence-electron chi connectivity index (χ4n) is 3.03. The Morgan fingerprint density at radius 2 is 1.73 bits per heavy atom. The molecule has 2 atom stereocenters. The molecule has 0 spiro atoms. The number of benzene rings is 2. The zero-order chi connectivity index (χ0) is 21.7. The fourth-order valence-corrected chi connectivity index (χ4v) is 4.27. The van der Waals surface area contributed by atoms with Gasteiger partial charge >= 0.3 is 0 Å². The van der Waals surface area contributed by atoms with E-state index in [9.17, 15) is 18.0 Å². The summed E-state index contributed by atoms with van der Waals surface area (Å²) in [4.78, 5) is 29.5. The van der Waals surface area contributed by atoms with Gasteiger partial charge in [0.15, 0.2) is 0 Å². The average molecular weight is 429 g/mol. The van der Waals surface area contributed by atoms with Gasteiger partial charge < -0.3 is 10.6 Å². The van der Waals surface area contributed by atoms with Crippen LogP contribution in [-0.4, -0.2) is 38.7 Å². The van der Waals surface area contributed by atoms with Crippen molar-refractivity contribution in [2.45, 2.75) is 31.2 Å². The van der Waals surface area contributed by atoms with Crippen molar-refractivity contribution in [1.29, 1.82) is 0 Å². The Morgan fingerprint density at radius 3 is 2.43 bits per heavy atom. The summed E-state index contributed by atoms with van der Waals surface area (Å²) in [7, 11) is -3.70. The molecular weight excluding hydrogens is 404 g/mol. The number of rotatable bonds is 7. The van der Waals surface area contributed by atoms with Crippen LogP contribution in [0.5, 0.6) is 0 Å². The van der Waals surface area contributed by atoms with Gasteiger partial charge in [0.1, 0.15) is 11.9 Å². The molecule has 0 unspecified atom stereocenters. The van der Waals surface area contributed by atoms with Crippen molar-refractivity contribution in [3.05, 3.63) is 60.2 Å². The van der Waals surface area contributed by atoms with E-state index in [2.05, 4.69) is 20.3 Å². The van der Waals surface area contributed by atoms with Crippen LogP contribution in [0.4, 0.5) is 5.69 Å². The summed E-state index contributed by atoms with van der Waals surface area (Å²) in [6.07, 6.45) is 0.652. The Morgan fingerprint density at radius 1 is 1.07 bits per heavy atom. The Kier molecular flexibility index (Phi) is 6.51. The summed E-state index contributed by atoms with van der Waals surface area (Å²) in [6.45, 7) is 3.56. The van der Waals surface area contributed by atoms with Crippen molar-refractivity contribution in [3.63, 3.8) is 0 Å². The minimum absolute atomic E-state index is 0.134. The average Bonchev–Trinajstić information content (AvgIpc) is 3.00. The molecule has 2 aromatic carbocycles. The number of anilines is 1. The van der Waals surface area contributed by atoms with Gasteiger partial charge in [0.05, 0.1) is 11.4 Å². The zero-order valence-corrected chi connectivity index (χ0v) is 17.6. The molecule has 0 aliphatic carbocycles. The maximum absolute atomic E-state index is 12.8. The Bertz CT molecular complexity index is 1070. The Balaban J connectivity index is 1.74. The third kappa shape index (κ3) is 4.85. The van der Waals surface area contributed by atoms with Crippen LogP contribution in [0.25, 0.3) is 0 Å². The second-order valence-corrected chi connectivity index (χ2v) is 8.69. The summed E-state index contributed by atoms with van der Waals surface area (Å²) >= 11 is 0. The van der Waals surface area contributed by atoms with Crippen molar-refractivity contribution in [2.24, 2.45) is 10.9 Å². The number of carbonyl (C=O) groups excluding carboxylic acids is 2. The van der Waals surface area contributed by atoms with Gasteiger partial charge in [0, 0.05) is 11.3 Å². The number of para-hydroxylation sites is 1. The van der Waals surface area contributed by atoms with Crippen molar-refractivity contribution < 1.29 is 18.0 Å². The molecule has 3 N–H and O–H groups in total. The Labute approximate surface area is 175 Å². The monoisotopic (exact) mass is 428 g/mol. The van der Waals surface area contributed by atoms with Gasteiger partial charge in [-0.15, -0.1) is 0 Å². The van der Waals surface area contributed by atoms with Crippen LogP contribution in [-0.2, 0) is 19.6 Å². The number of nitrogens with one attached hydrogen (secondary N) is 3. The molecular formula is C21H24N4O4S. The van der Waals surface area contributed by atoms with Gasteiger partial charge in [-0.25, -0.2) is 8.42 Å². The smallest absolute Gasteiger partial charge is 0.263 e. The molecule has 8 nitrogen and oxygen atoms in total. The molecule has 158 valence electrons. The molecule has 2 amide bonds. The molecule has 0 saturated carbocycles. The van der Waals surface area contributed by atoms with Crippen LogP contribution in [0.3, 0.4) is 0 Å². The van der Waals surface area contributed by atoms with Crippen molar-refractivity contribution in [3.8, 4) is 0 Å². The molecule has 30 heavy (non-hydrogen) atoms. The molecule has 9 heteroatoms. The van der Waals surface area contributed by atoms with Gasteiger partial charge in [-0.05, 0) is 30.2 Å². The van der Waals surface area contributed by atoms with Crippen LogP contribution in [0.2, 0.25) is 0 Å². The molecule has 1 aliphatic rings. The van der Waals surface area contributed by atoms with Crippen LogP contribution in [0, 0.1) is 5.92 Å². The van der Waals surface area contributed by atoms with E-state index in [4.69, 9.17) is 0 Å². The summed E-state index contributed by atoms with van der Waals surface area (Å²) in [5.41, 5.74) is 1.06. The minimum atomic E-state index is -3.70. The number of aliphatic imine (C=N–C) groups is 1. The van der Waals surface area contributed by atoms with Gasteiger partial charge in [-0.1, -0.05) is 50.6 Å². The molecule has 0 bridgehead atoms. The van der Waals surface area contributed by atoms with Crippen LogP contribution >= 0.6 is 0 Å². The van der Waals surface area contributed by atoms with E-state index < -0.39 is 22.0 Å². The second-order valence-electron chi connectivity index (χ2n) is 7.04. The topological polar surface area (TPSA) is 117 Å². The first-order valence-electron chi connectivity index (χ1n) is 9.64. The first-order chi connectivity index (χ1) is 14.3. The van der Waals surface area contributed by atoms with Gasteiger partial charge in [0.2, 0.25) is 11.8 Å². The van der Waals surface area contributed by atoms with Crippen molar-refractivity contribution >= 4 is 33.4 Å². The summed E-state index contributed by atoms with van der Waals surface area (Å²) in [5, 5.41) is 5.30. The number of hydrogen-bond donors (Lipinski definition) is 3. The number of carbonyl (C=O) groups is 2. The summed E-state index contributed by atoms with van der Waals surface area (Å²) in [6, 6.07) is 14.6. The van der Waals surface area contributed by atoms with E-state index in [-0.39, 0.29) is 29.1 Å². The fraction of sp³-hybridized carbons (Fsp3) is 0.286. The van der Waals surface area contributed by atoms with Crippen molar-refractivity contribution in [1.82, 2.24) is 10.0 Å². The standard InChI is InChI=1S/C21H24N4O4S/c1-3-14(2)19(21(27)22-13-18(26)23-15-9-5-4-6-10-15)24-20-16-11-7-8-12-17(16)30(28,29)25-20/h4-12,14,19H,3,13H2,1-2H3,(H,22,27)(H,23,26)(H,24,25)/t14-,19-/m0/s1. The highest BCUT2D eigenvalue weighted by Crippen LogP contribution is 2.24. The maximum atomic E-state index is 12.8. The molecule has 0 aromatic heterocycles. The largest absolute Gasteiger partial charge is 0.345 e.